The van der Waals surface area contributed by atoms with Gasteiger partial charge in [-0.15, -0.1) is 0 Å². The predicted octanol–water partition coefficient (Wildman–Crippen LogP) is 2.88. The lowest BCUT2D eigenvalue weighted by atomic mass is 10.2. The van der Waals surface area contributed by atoms with Crippen LogP contribution in [0.1, 0.15) is 11.1 Å². The highest BCUT2D eigenvalue weighted by Gasteiger charge is 2.31. The third-order valence-electron chi connectivity index (χ3n) is 4.25. The van der Waals surface area contributed by atoms with Gasteiger partial charge in [0, 0.05) is 18.7 Å². The summed E-state index contributed by atoms with van der Waals surface area (Å²) in [5, 5.41) is 11.0. The fourth-order valence-electron chi connectivity index (χ4n) is 2.91. The molecule has 0 spiro atoms. The van der Waals surface area contributed by atoms with Crippen molar-refractivity contribution < 1.29 is 18.1 Å². The van der Waals surface area contributed by atoms with E-state index < -0.39 is 21.0 Å². The summed E-state index contributed by atoms with van der Waals surface area (Å²) in [5.74, 6) is -0.0862. The zero-order valence-corrected chi connectivity index (χ0v) is 15.4. The second kappa shape index (κ2) is 8.43. The molecule has 7 nitrogen and oxygen atoms in total. The van der Waals surface area contributed by atoms with Crippen LogP contribution in [0.15, 0.2) is 66.7 Å². The molecule has 3 rings (SSSR count). The quantitative estimate of drug-likeness (QED) is 0.413. The lowest BCUT2D eigenvalue weighted by Crippen LogP contribution is -2.44. The van der Waals surface area contributed by atoms with Crippen molar-refractivity contribution in [3.63, 3.8) is 0 Å². The van der Waals surface area contributed by atoms with Crippen molar-refractivity contribution >= 4 is 15.7 Å². The summed E-state index contributed by atoms with van der Waals surface area (Å²) >= 11 is 0. The van der Waals surface area contributed by atoms with Crippen LogP contribution in [-0.2, 0) is 27.9 Å². The number of sulfonamides is 1. The van der Waals surface area contributed by atoms with Gasteiger partial charge in [-0.25, -0.2) is 8.42 Å². The summed E-state index contributed by atoms with van der Waals surface area (Å²) in [6, 6.07) is 15.2. The summed E-state index contributed by atoms with van der Waals surface area (Å²) in [5.41, 5.74) is 1.51. The maximum absolute atomic E-state index is 12.5. The Balaban J connectivity index is 1.72. The van der Waals surface area contributed by atoms with E-state index in [2.05, 4.69) is 0 Å². The summed E-state index contributed by atoms with van der Waals surface area (Å²) in [4.78, 5) is 10.5. The Labute approximate surface area is 158 Å². The molecule has 0 N–H and O–H groups in total. The number of hydrogen-bond donors (Lipinski definition) is 0. The van der Waals surface area contributed by atoms with Gasteiger partial charge in [0.2, 0.25) is 10.0 Å². The van der Waals surface area contributed by atoms with Gasteiger partial charge in [0.25, 0.3) is 5.69 Å². The van der Waals surface area contributed by atoms with Gasteiger partial charge in [-0.05, 0) is 11.1 Å². The second-order valence-electron chi connectivity index (χ2n) is 6.25. The van der Waals surface area contributed by atoms with E-state index >= 15 is 0 Å². The predicted molar refractivity (Wildman–Crippen MR) is 101 cm³/mol. The highest BCUT2D eigenvalue weighted by Crippen LogP contribution is 2.22. The average molecular weight is 388 g/mol. The average Bonchev–Trinajstić information content (AvgIpc) is 2.65. The number of rotatable bonds is 7. The molecule has 27 heavy (non-hydrogen) atoms. The van der Waals surface area contributed by atoms with E-state index in [1.165, 1.54) is 16.4 Å². The molecule has 1 aliphatic heterocycles. The van der Waals surface area contributed by atoms with Gasteiger partial charge in [-0.2, -0.15) is 4.31 Å². The fourth-order valence-corrected chi connectivity index (χ4v) is 4.34. The molecule has 0 bridgehead atoms. The van der Waals surface area contributed by atoms with Crippen LogP contribution >= 0.6 is 0 Å². The molecule has 8 heteroatoms. The molecule has 0 saturated carbocycles. The fraction of sp³-hybridized carbons (Fsp3) is 0.263. The third kappa shape index (κ3) is 5.00. The van der Waals surface area contributed by atoms with Crippen LogP contribution in [0.25, 0.3) is 0 Å². The largest absolute Gasteiger partial charge is 0.375 e. The van der Waals surface area contributed by atoms with Crippen molar-refractivity contribution in [3.05, 3.63) is 88.0 Å². The van der Waals surface area contributed by atoms with E-state index in [1.807, 2.05) is 36.4 Å². The highest BCUT2D eigenvalue weighted by atomic mass is 32.2. The van der Waals surface area contributed by atoms with E-state index in [0.717, 1.165) is 5.56 Å². The Kier molecular flexibility index (Phi) is 6.00. The molecule has 0 aliphatic carbocycles. The second-order valence-corrected chi connectivity index (χ2v) is 8.21. The molecule has 0 unspecified atom stereocenters. The minimum Gasteiger partial charge on any atom is -0.375 e. The molecule has 2 aromatic carbocycles. The summed E-state index contributed by atoms with van der Waals surface area (Å²) in [6.07, 6.45) is 3.43. The Morgan fingerprint density at radius 2 is 1.85 bits per heavy atom. The Hall–Kier alpha value is -2.55. The first kappa shape index (κ1) is 19.2. The van der Waals surface area contributed by atoms with E-state index in [4.69, 9.17) is 4.74 Å². The van der Waals surface area contributed by atoms with Crippen molar-refractivity contribution in [1.82, 2.24) is 4.31 Å². The summed E-state index contributed by atoms with van der Waals surface area (Å²) < 4.78 is 32.1. The maximum atomic E-state index is 12.5. The Bertz CT molecular complexity index is 928. The number of ether oxygens (including phenoxy) is 1. The monoisotopic (exact) mass is 388 g/mol. The van der Waals surface area contributed by atoms with E-state index in [-0.39, 0.29) is 24.6 Å². The van der Waals surface area contributed by atoms with Crippen LogP contribution in [0.4, 0.5) is 5.69 Å². The van der Waals surface area contributed by atoms with Crippen LogP contribution < -0.4 is 0 Å². The van der Waals surface area contributed by atoms with E-state index in [0.29, 0.717) is 12.2 Å². The molecule has 142 valence electrons. The number of nitrogens with zero attached hydrogens (tertiary/aromatic N) is 2. The molecule has 0 amide bonds. The van der Waals surface area contributed by atoms with E-state index in [9.17, 15) is 18.5 Å². The molecule has 1 heterocycles. The van der Waals surface area contributed by atoms with E-state index in [1.54, 1.807) is 18.2 Å². The van der Waals surface area contributed by atoms with Gasteiger partial charge < -0.3 is 4.74 Å². The Morgan fingerprint density at radius 3 is 2.59 bits per heavy atom. The number of nitro benzene ring substituents is 1. The molecule has 0 saturated heterocycles. The minimum absolute atomic E-state index is 0.0608. The molecule has 1 aliphatic rings. The van der Waals surface area contributed by atoms with Crippen molar-refractivity contribution in [1.29, 1.82) is 0 Å². The van der Waals surface area contributed by atoms with Crippen molar-refractivity contribution in [2.45, 2.75) is 19.2 Å². The van der Waals surface area contributed by atoms with Crippen LogP contribution in [-0.4, -0.2) is 36.0 Å². The lowest BCUT2D eigenvalue weighted by molar-refractivity contribution is -0.384. The topological polar surface area (TPSA) is 89.8 Å². The van der Waals surface area contributed by atoms with Crippen molar-refractivity contribution in [3.8, 4) is 0 Å². The molecule has 1 atom stereocenters. The molecular weight excluding hydrogens is 368 g/mol. The summed E-state index contributed by atoms with van der Waals surface area (Å²) in [7, 11) is -3.50. The van der Waals surface area contributed by atoms with Gasteiger partial charge in [0.15, 0.2) is 0 Å². The minimum atomic E-state index is -3.50. The van der Waals surface area contributed by atoms with Crippen molar-refractivity contribution in [2.24, 2.45) is 0 Å². The first-order valence-corrected chi connectivity index (χ1v) is 10.1. The van der Waals surface area contributed by atoms with Crippen LogP contribution in [0.5, 0.6) is 0 Å². The normalized spacial score (nSPS) is 19.0. The number of non-ortho nitro benzene ring substituents is 1. The highest BCUT2D eigenvalue weighted by molar-refractivity contribution is 7.89. The molecule has 0 aromatic heterocycles. The van der Waals surface area contributed by atoms with Gasteiger partial charge in [-0.1, -0.05) is 54.6 Å². The van der Waals surface area contributed by atoms with Gasteiger partial charge in [0.1, 0.15) is 0 Å². The smallest absolute Gasteiger partial charge is 0.269 e. The zero-order chi connectivity index (χ0) is 19.3. The van der Waals surface area contributed by atoms with Crippen LogP contribution in [0, 0.1) is 10.1 Å². The first-order chi connectivity index (χ1) is 13.0. The van der Waals surface area contributed by atoms with Crippen molar-refractivity contribution in [2.75, 3.05) is 12.4 Å². The molecule has 0 fully saturated rings. The van der Waals surface area contributed by atoms with Gasteiger partial charge in [0.05, 0.1) is 29.9 Å². The third-order valence-corrected chi connectivity index (χ3v) is 5.98. The number of nitro groups is 1. The Morgan fingerprint density at radius 1 is 1.11 bits per heavy atom. The van der Waals surface area contributed by atoms with Gasteiger partial charge in [-0.3, -0.25) is 10.1 Å². The zero-order valence-electron chi connectivity index (χ0n) is 14.6. The summed E-state index contributed by atoms with van der Waals surface area (Å²) in [6.45, 7) is 0.656. The van der Waals surface area contributed by atoms with Crippen LogP contribution in [0.2, 0.25) is 0 Å². The lowest BCUT2D eigenvalue weighted by Gasteiger charge is -2.31. The maximum Gasteiger partial charge on any atom is 0.269 e. The van der Waals surface area contributed by atoms with Crippen LogP contribution in [0.3, 0.4) is 0 Å². The SMILES string of the molecule is O=[N+]([O-])c1cccc(CN2[C@H](COCc3ccccc3)C=CCS2(=O)=O)c1. The molecular formula is C19H20N2O5S. The molecule has 0 radical (unpaired) electrons. The molecule has 2 aromatic rings. The first-order valence-electron chi connectivity index (χ1n) is 8.47. The number of hydrogen-bond acceptors (Lipinski definition) is 5. The van der Waals surface area contributed by atoms with Gasteiger partial charge >= 0.3 is 0 Å². The number of benzene rings is 2. The standard InChI is InChI=1S/C19H20N2O5S/c22-21(23)18-9-4-8-17(12-18)13-20-19(10-5-11-27(20,24)25)15-26-14-16-6-2-1-3-7-16/h1-10,12,19H,11,13-15H2/t19-/m0/s1.